The van der Waals surface area contributed by atoms with E-state index < -0.39 is 53.1 Å². The number of hydrogen-bond acceptors (Lipinski definition) is 13. The van der Waals surface area contributed by atoms with Crippen LogP contribution in [-0.2, 0) is 25.6 Å². The van der Waals surface area contributed by atoms with Gasteiger partial charge in [0, 0.05) is 23.6 Å². The highest BCUT2D eigenvalue weighted by atomic mass is 16.7. The predicted octanol–water partition coefficient (Wildman–Crippen LogP) is 4.08. The van der Waals surface area contributed by atoms with Gasteiger partial charge in [-0.15, -0.1) is 0 Å². The number of nitrogens with two attached hydrogens (primary N) is 1. The second kappa shape index (κ2) is 17.4. The molecule has 5 aliphatic rings. The molecule has 0 spiro atoms. The zero-order valence-corrected chi connectivity index (χ0v) is 33.8. The van der Waals surface area contributed by atoms with Crippen LogP contribution in [-0.4, -0.2) is 87.7 Å². The zero-order chi connectivity index (χ0) is 42.1. The topological polar surface area (TPSA) is 246 Å². The lowest BCUT2D eigenvalue weighted by Crippen LogP contribution is -2.62. The molecule has 4 fully saturated rings. The summed E-state index contributed by atoms with van der Waals surface area (Å²) in [5.74, 6) is -0.0595. The second-order valence-corrected chi connectivity index (χ2v) is 17.7. The number of nitro benzene ring substituents is 1. The molecular formula is C43H58N4O12. The summed E-state index contributed by atoms with van der Waals surface area (Å²) in [6.07, 6.45) is 6.39. The first-order valence-electron chi connectivity index (χ1n) is 21.0. The minimum absolute atomic E-state index is 0.0970. The number of allylic oxidation sites excluding steroid dienone is 1. The summed E-state index contributed by atoms with van der Waals surface area (Å²) in [6, 6.07) is 6.82. The van der Waals surface area contributed by atoms with E-state index in [9.17, 15) is 39.8 Å². The first-order chi connectivity index (χ1) is 28.2. The van der Waals surface area contributed by atoms with Gasteiger partial charge < -0.3 is 50.3 Å². The van der Waals surface area contributed by atoms with E-state index in [-0.39, 0.29) is 59.7 Å². The van der Waals surface area contributed by atoms with Gasteiger partial charge in [-0.3, -0.25) is 14.9 Å². The van der Waals surface area contributed by atoms with Gasteiger partial charge in [0.2, 0.25) is 5.91 Å². The van der Waals surface area contributed by atoms with Crippen molar-refractivity contribution in [2.45, 2.75) is 139 Å². The quantitative estimate of drug-likeness (QED) is 0.0723. The molecule has 7 rings (SSSR count). The molecule has 2 heterocycles. The molecule has 4 aliphatic carbocycles. The normalized spacial score (nSPS) is 35.6. The van der Waals surface area contributed by atoms with Crippen molar-refractivity contribution in [3.63, 3.8) is 0 Å². The van der Waals surface area contributed by atoms with Crippen LogP contribution < -0.4 is 22.0 Å². The maximum atomic E-state index is 13.4. The maximum absolute atomic E-state index is 13.4. The molecule has 0 bridgehead atoms. The van der Waals surface area contributed by atoms with Gasteiger partial charge in [0.15, 0.2) is 6.29 Å². The number of carbonyl (C=O) groups excluding carboxylic acids is 2. The van der Waals surface area contributed by atoms with E-state index in [1.807, 2.05) is 6.07 Å². The highest BCUT2D eigenvalue weighted by Gasteiger charge is 2.66. The number of rotatable bonds is 13. The molecule has 1 aliphatic heterocycles. The van der Waals surface area contributed by atoms with E-state index in [1.54, 1.807) is 6.26 Å². The van der Waals surface area contributed by atoms with E-state index in [1.165, 1.54) is 35.9 Å². The average Bonchev–Trinajstić information content (AvgIpc) is 3.50. The summed E-state index contributed by atoms with van der Waals surface area (Å²) in [7, 11) is 0. The van der Waals surface area contributed by atoms with Crippen LogP contribution in [0.3, 0.4) is 0 Å². The Morgan fingerprint density at radius 1 is 1.02 bits per heavy atom. The Morgan fingerprint density at radius 3 is 2.51 bits per heavy atom. The van der Waals surface area contributed by atoms with Crippen molar-refractivity contribution in [2.24, 2.45) is 28.4 Å². The van der Waals surface area contributed by atoms with Gasteiger partial charge in [-0.1, -0.05) is 25.5 Å². The smallest absolute Gasteiger partial charge is 0.408 e. The number of carbonyl (C=O) groups is 2. The molecule has 2 aromatic rings. The monoisotopic (exact) mass is 822 g/mol. The molecule has 1 aromatic carbocycles. The Hall–Kier alpha value is -4.19. The van der Waals surface area contributed by atoms with E-state index >= 15 is 0 Å². The summed E-state index contributed by atoms with van der Waals surface area (Å²) in [4.78, 5) is 48.2. The molecule has 2 amide bonds. The number of hydrogen-bond donors (Lipinski definition) is 6. The van der Waals surface area contributed by atoms with Crippen LogP contribution in [0.15, 0.2) is 63.5 Å². The SMILES string of the molecule is C[C@]12CC[C@H](O[C@H]3OC[C@H](NC(=O)[C@H](CCCCN)NC(=O)OCc4ccc([N+](=O)[O-])cc4)C(O)[C@@H]3O)C=C1CCC1C2CC[C@]2(C)[C@@H](c3ccc(=O)oc3)CC[C@]12O. The third-order valence-electron chi connectivity index (χ3n) is 14.6. The molecule has 1 aromatic heterocycles. The van der Waals surface area contributed by atoms with Gasteiger partial charge in [0.25, 0.3) is 5.69 Å². The molecule has 59 heavy (non-hydrogen) atoms. The minimum atomic E-state index is -1.47. The summed E-state index contributed by atoms with van der Waals surface area (Å²) >= 11 is 0. The maximum Gasteiger partial charge on any atom is 0.408 e. The number of unbranched alkanes of at least 4 members (excludes halogenated alkanes) is 1. The lowest BCUT2D eigenvalue weighted by Gasteiger charge is -2.62. The van der Waals surface area contributed by atoms with Gasteiger partial charge in [-0.25, -0.2) is 9.59 Å². The van der Waals surface area contributed by atoms with Crippen molar-refractivity contribution in [1.29, 1.82) is 0 Å². The van der Waals surface area contributed by atoms with Crippen LogP contribution in [0.25, 0.3) is 0 Å². The minimum Gasteiger partial charge on any atom is -0.445 e. The summed E-state index contributed by atoms with van der Waals surface area (Å²) < 4.78 is 22.7. The van der Waals surface area contributed by atoms with Crippen molar-refractivity contribution in [1.82, 2.24) is 10.6 Å². The number of benzene rings is 1. The van der Waals surface area contributed by atoms with Crippen LogP contribution in [0.5, 0.6) is 0 Å². The van der Waals surface area contributed by atoms with Gasteiger partial charge in [-0.2, -0.15) is 0 Å². The molecule has 3 saturated carbocycles. The van der Waals surface area contributed by atoms with Crippen molar-refractivity contribution in [3.8, 4) is 0 Å². The van der Waals surface area contributed by atoms with E-state index in [0.717, 1.165) is 44.1 Å². The number of ether oxygens (including phenoxy) is 3. The first-order valence-corrected chi connectivity index (χ1v) is 21.0. The third kappa shape index (κ3) is 8.44. The molecular weight excluding hydrogens is 764 g/mol. The zero-order valence-electron chi connectivity index (χ0n) is 33.8. The molecule has 7 N–H and O–H groups in total. The first kappa shape index (κ1) is 42.9. The van der Waals surface area contributed by atoms with Crippen molar-refractivity contribution in [2.75, 3.05) is 13.2 Å². The third-order valence-corrected chi connectivity index (χ3v) is 14.6. The van der Waals surface area contributed by atoms with Crippen molar-refractivity contribution >= 4 is 17.7 Å². The lowest BCUT2D eigenvalue weighted by atomic mass is 9.45. The number of nitrogens with one attached hydrogen (secondary N) is 2. The predicted molar refractivity (Wildman–Crippen MR) is 213 cm³/mol. The van der Waals surface area contributed by atoms with Crippen LogP contribution in [0, 0.1) is 32.8 Å². The highest BCUT2D eigenvalue weighted by molar-refractivity contribution is 5.85. The van der Waals surface area contributed by atoms with E-state index in [2.05, 4.69) is 30.6 Å². The van der Waals surface area contributed by atoms with Gasteiger partial charge in [-0.05, 0) is 130 Å². The fraction of sp³-hybridized carbons (Fsp3) is 0.651. The Bertz CT molecular complexity index is 1920. The summed E-state index contributed by atoms with van der Waals surface area (Å²) in [6.45, 7) is 4.60. The Morgan fingerprint density at radius 2 is 1.80 bits per heavy atom. The number of aliphatic hydroxyl groups excluding tert-OH is 2. The number of non-ortho nitro benzene ring substituents is 1. The molecule has 16 heteroatoms. The van der Waals surface area contributed by atoms with Gasteiger partial charge >= 0.3 is 11.7 Å². The van der Waals surface area contributed by atoms with Crippen LogP contribution in [0.2, 0.25) is 0 Å². The largest absolute Gasteiger partial charge is 0.445 e. The number of alkyl carbamates (subject to hydrolysis) is 1. The Balaban J connectivity index is 0.933. The highest BCUT2D eigenvalue weighted by Crippen LogP contribution is 2.70. The number of nitro groups is 1. The molecule has 0 radical (unpaired) electrons. The van der Waals surface area contributed by atoms with Crippen LogP contribution in [0.1, 0.15) is 102 Å². The summed E-state index contributed by atoms with van der Waals surface area (Å²) in [5.41, 5.74) is 6.68. The molecule has 16 nitrogen and oxygen atoms in total. The van der Waals surface area contributed by atoms with Gasteiger partial charge in [0.05, 0.1) is 35.5 Å². The second-order valence-electron chi connectivity index (χ2n) is 17.7. The van der Waals surface area contributed by atoms with Crippen LogP contribution >= 0.6 is 0 Å². The van der Waals surface area contributed by atoms with Crippen molar-refractivity contribution in [3.05, 3.63) is 86.0 Å². The summed E-state index contributed by atoms with van der Waals surface area (Å²) in [5, 5.41) is 51.1. The number of nitrogens with zero attached hydrogens (tertiary/aromatic N) is 1. The standard InChI is InChI=1S/C43H58N4O12/c1-41-17-14-29(21-27(41)9-12-32-31(41)15-18-42(2)30(16-19-43(32,42)53)26-8-13-35(48)56-23-26)59-39-37(50)36(49)34(24-57-39)45-38(51)33(5-3-4-20-44)46-40(52)58-22-25-6-10-28(11-7-25)47(54)55/h6-8,10-11,13,21,23,29-34,36-37,39,49-50,53H,3-5,9,12,14-20,22,24,44H2,1-2H3,(H,45,51)(H,46,52)/t29-,30+,31?,32?,33-,34-,36?,37-,39+,41-,42+,43-/m0/s1. The number of aliphatic hydroxyl groups is 3. The lowest BCUT2D eigenvalue weighted by molar-refractivity contribution is -0.384. The average molecular weight is 823 g/mol. The van der Waals surface area contributed by atoms with E-state index in [0.29, 0.717) is 43.7 Å². The van der Waals surface area contributed by atoms with Crippen molar-refractivity contribution < 1.29 is 48.5 Å². The molecule has 322 valence electrons. The Labute approximate surface area is 343 Å². The number of fused-ring (bicyclic) bond motifs is 5. The van der Waals surface area contributed by atoms with E-state index in [4.69, 9.17) is 24.4 Å². The number of amides is 2. The molecule has 3 unspecified atom stereocenters. The molecule has 1 saturated heterocycles. The fourth-order valence-corrected chi connectivity index (χ4v) is 11.2. The molecule has 12 atom stereocenters. The van der Waals surface area contributed by atoms with Gasteiger partial charge in [0.1, 0.15) is 24.9 Å². The Kier molecular flexibility index (Phi) is 12.7. The van der Waals surface area contributed by atoms with Crippen LogP contribution in [0.4, 0.5) is 10.5 Å². The fourth-order valence-electron chi connectivity index (χ4n) is 11.2.